The molecule has 0 radical (unpaired) electrons. The number of thiocarbonyl (C=S) groups is 1. The number of nitro benzene ring substituents is 1. The Labute approximate surface area is 144 Å². The first-order valence-corrected chi connectivity index (χ1v) is 8.57. The maximum Gasteiger partial charge on any atom is 0.271 e. The highest BCUT2D eigenvalue weighted by Gasteiger charge is 2.11. The van der Waals surface area contributed by atoms with Crippen LogP contribution in [0.25, 0.3) is 0 Å². The molecule has 0 spiro atoms. The second kappa shape index (κ2) is 7.34. The van der Waals surface area contributed by atoms with Gasteiger partial charge in [-0.3, -0.25) is 10.1 Å². The fraction of sp³-hybridized carbons (Fsp3) is 0.0714. The summed E-state index contributed by atoms with van der Waals surface area (Å²) in [5.74, 6) is 0. The zero-order valence-electron chi connectivity index (χ0n) is 12.5. The Morgan fingerprint density at radius 1 is 1.08 bits per heavy atom. The molecule has 0 saturated heterocycles. The zero-order chi connectivity index (χ0) is 17.7. The number of non-ortho nitro benzene ring substituents is 1. The maximum atomic E-state index is 11.6. The van der Waals surface area contributed by atoms with Gasteiger partial charge in [0.15, 0.2) is 5.11 Å². The van der Waals surface area contributed by atoms with E-state index in [1.807, 2.05) is 0 Å². The zero-order valence-corrected chi connectivity index (χ0v) is 14.1. The molecule has 0 saturated carbocycles. The first-order chi connectivity index (χ1) is 11.3. The fourth-order valence-electron chi connectivity index (χ4n) is 1.83. The largest absolute Gasteiger partial charge is 0.332 e. The van der Waals surface area contributed by atoms with E-state index in [-0.39, 0.29) is 15.7 Å². The van der Waals surface area contributed by atoms with Crippen LogP contribution in [0.15, 0.2) is 53.4 Å². The van der Waals surface area contributed by atoms with Crippen molar-refractivity contribution >= 4 is 44.4 Å². The molecule has 24 heavy (non-hydrogen) atoms. The van der Waals surface area contributed by atoms with E-state index in [0.29, 0.717) is 11.4 Å². The van der Waals surface area contributed by atoms with Crippen LogP contribution in [-0.2, 0) is 10.0 Å². The Balaban J connectivity index is 2.05. The van der Waals surface area contributed by atoms with Crippen molar-refractivity contribution < 1.29 is 13.3 Å². The number of rotatable bonds is 5. The molecule has 8 nitrogen and oxygen atoms in total. The third-order valence-electron chi connectivity index (χ3n) is 3.01. The summed E-state index contributed by atoms with van der Waals surface area (Å²) >= 11 is 5.13. The third-order valence-corrected chi connectivity index (χ3v) is 4.64. The molecule has 2 aromatic rings. The second-order valence-corrected chi connectivity index (χ2v) is 6.91. The number of benzene rings is 2. The van der Waals surface area contributed by atoms with Gasteiger partial charge in [0.05, 0.1) is 9.82 Å². The molecule has 0 aromatic heterocycles. The van der Waals surface area contributed by atoms with Gasteiger partial charge in [-0.05, 0) is 49.6 Å². The molecule has 0 fully saturated rings. The second-order valence-electron chi connectivity index (χ2n) is 4.62. The van der Waals surface area contributed by atoms with Crippen LogP contribution in [0.1, 0.15) is 0 Å². The highest BCUT2D eigenvalue weighted by molar-refractivity contribution is 7.89. The summed E-state index contributed by atoms with van der Waals surface area (Å²) in [5.41, 5.74) is 0.994. The molecule has 0 amide bonds. The quantitative estimate of drug-likeness (QED) is 0.423. The van der Waals surface area contributed by atoms with Gasteiger partial charge in [-0.1, -0.05) is 6.07 Å². The van der Waals surface area contributed by atoms with Crippen molar-refractivity contribution in [3.8, 4) is 0 Å². The first-order valence-electron chi connectivity index (χ1n) is 6.68. The summed E-state index contributed by atoms with van der Waals surface area (Å²) in [7, 11) is -2.16. The summed E-state index contributed by atoms with van der Waals surface area (Å²) in [6, 6.07) is 11.9. The Bertz CT molecular complexity index is 867. The van der Waals surface area contributed by atoms with Gasteiger partial charge in [-0.2, -0.15) is 0 Å². The fourth-order valence-corrected chi connectivity index (χ4v) is 2.79. The van der Waals surface area contributed by atoms with Crippen molar-refractivity contribution in [3.05, 3.63) is 58.6 Å². The molecule has 10 heteroatoms. The van der Waals surface area contributed by atoms with E-state index in [1.165, 1.54) is 31.3 Å². The molecule has 0 bridgehead atoms. The van der Waals surface area contributed by atoms with Gasteiger partial charge >= 0.3 is 0 Å². The Hall–Kier alpha value is -2.56. The standard InChI is InChI=1S/C14H14N4O4S2/c1-15-24(21,22)13-7-5-10(6-8-13)16-14(23)17-11-3-2-4-12(9-11)18(19)20/h2-9,15H,1H3,(H2,16,17,23). The van der Waals surface area contributed by atoms with E-state index < -0.39 is 14.9 Å². The van der Waals surface area contributed by atoms with Crippen molar-refractivity contribution in [2.45, 2.75) is 4.90 Å². The summed E-state index contributed by atoms with van der Waals surface area (Å²) in [6.45, 7) is 0. The predicted octanol–water partition coefficient (Wildman–Crippen LogP) is 2.31. The van der Waals surface area contributed by atoms with E-state index in [4.69, 9.17) is 12.2 Å². The normalized spacial score (nSPS) is 10.9. The van der Waals surface area contributed by atoms with Gasteiger partial charge in [0.2, 0.25) is 10.0 Å². The topological polar surface area (TPSA) is 113 Å². The van der Waals surface area contributed by atoms with Crippen molar-refractivity contribution in [2.75, 3.05) is 17.7 Å². The summed E-state index contributed by atoms with van der Waals surface area (Å²) < 4.78 is 25.5. The van der Waals surface area contributed by atoms with Crippen LogP contribution in [0.2, 0.25) is 0 Å². The van der Waals surface area contributed by atoms with Crippen LogP contribution in [0.4, 0.5) is 17.1 Å². The summed E-state index contributed by atoms with van der Waals surface area (Å²) in [5, 5.41) is 16.7. The van der Waals surface area contributed by atoms with Crippen LogP contribution in [0.3, 0.4) is 0 Å². The van der Waals surface area contributed by atoms with Gasteiger partial charge in [0.25, 0.3) is 5.69 Å². The minimum Gasteiger partial charge on any atom is -0.332 e. The summed E-state index contributed by atoms with van der Waals surface area (Å²) in [6.07, 6.45) is 0. The van der Waals surface area contributed by atoms with Crippen molar-refractivity contribution in [1.82, 2.24) is 4.72 Å². The minimum absolute atomic E-state index is 0.0515. The Morgan fingerprint density at radius 2 is 1.71 bits per heavy atom. The highest BCUT2D eigenvalue weighted by Crippen LogP contribution is 2.18. The Morgan fingerprint density at radius 3 is 2.29 bits per heavy atom. The lowest BCUT2D eigenvalue weighted by molar-refractivity contribution is -0.384. The molecular formula is C14H14N4O4S2. The molecule has 0 atom stereocenters. The average molecular weight is 366 g/mol. The molecule has 2 aromatic carbocycles. The number of nitro groups is 1. The molecule has 0 aliphatic carbocycles. The molecule has 0 aliphatic rings. The maximum absolute atomic E-state index is 11.6. The van der Waals surface area contributed by atoms with E-state index >= 15 is 0 Å². The number of hydrogen-bond donors (Lipinski definition) is 3. The molecule has 0 aliphatic heterocycles. The highest BCUT2D eigenvalue weighted by atomic mass is 32.2. The molecular weight excluding hydrogens is 352 g/mol. The number of nitrogens with zero attached hydrogens (tertiary/aromatic N) is 1. The molecule has 126 valence electrons. The van der Waals surface area contributed by atoms with Crippen molar-refractivity contribution in [2.24, 2.45) is 0 Å². The minimum atomic E-state index is -3.49. The first kappa shape index (κ1) is 17.8. The van der Waals surface area contributed by atoms with Gasteiger partial charge in [0, 0.05) is 23.5 Å². The van der Waals surface area contributed by atoms with E-state index in [0.717, 1.165) is 0 Å². The van der Waals surface area contributed by atoms with E-state index in [9.17, 15) is 18.5 Å². The van der Waals surface area contributed by atoms with Crippen LogP contribution in [-0.4, -0.2) is 25.5 Å². The number of hydrogen-bond acceptors (Lipinski definition) is 5. The molecule has 0 heterocycles. The van der Waals surface area contributed by atoms with Crippen LogP contribution >= 0.6 is 12.2 Å². The van der Waals surface area contributed by atoms with Gasteiger partial charge < -0.3 is 10.6 Å². The lowest BCUT2D eigenvalue weighted by Gasteiger charge is -2.11. The monoisotopic (exact) mass is 366 g/mol. The van der Waals surface area contributed by atoms with E-state index in [1.54, 1.807) is 24.3 Å². The SMILES string of the molecule is CNS(=O)(=O)c1ccc(NC(=S)Nc2cccc([N+](=O)[O-])c2)cc1. The lowest BCUT2D eigenvalue weighted by Crippen LogP contribution is -2.20. The van der Waals surface area contributed by atoms with Crippen molar-refractivity contribution in [1.29, 1.82) is 0 Å². The predicted molar refractivity (Wildman–Crippen MR) is 95.6 cm³/mol. The third kappa shape index (κ3) is 4.47. The number of sulfonamides is 1. The van der Waals surface area contributed by atoms with Gasteiger partial charge in [-0.15, -0.1) is 0 Å². The smallest absolute Gasteiger partial charge is 0.271 e. The van der Waals surface area contributed by atoms with Gasteiger partial charge in [-0.25, -0.2) is 13.1 Å². The Kier molecular flexibility index (Phi) is 5.44. The molecule has 3 N–H and O–H groups in total. The lowest BCUT2D eigenvalue weighted by atomic mass is 10.3. The number of anilines is 2. The van der Waals surface area contributed by atoms with Crippen LogP contribution < -0.4 is 15.4 Å². The summed E-state index contributed by atoms with van der Waals surface area (Å²) in [4.78, 5) is 10.4. The van der Waals surface area contributed by atoms with Crippen LogP contribution in [0, 0.1) is 10.1 Å². The van der Waals surface area contributed by atoms with Crippen LogP contribution in [0.5, 0.6) is 0 Å². The number of nitrogens with one attached hydrogen (secondary N) is 3. The molecule has 0 unspecified atom stereocenters. The van der Waals surface area contributed by atoms with E-state index in [2.05, 4.69) is 15.4 Å². The van der Waals surface area contributed by atoms with Gasteiger partial charge in [0.1, 0.15) is 0 Å². The molecule has 2 rings (SSSR count). The van der Waals surface area contributed by atoms with Crippen molar-refractivity contribution in [3.63, 3.8) is 0 Å². The average Bonchev–Trinajstić information content (AvgIpc) is 2.55.